The first-order valence-corrected chi connectivity index (χ1v) is 8.01. The predicted molar refractivity (Wildman–Crippen MR) is 73.2 cm³/mol. The van der Waals surface area contributed by atoms with Crippen LogP contribution in [0.15, 0.2) is 35.2 Å². The highest BCUT2D eigenvalue weighted by atomic mass is 32.2. The van der Waals surface area contributed by atoms with Crippen LogP contribution in [0.3, 0.4) is 0 Å². The zero-order chi connectivity index (χ0) is 13.6. The van der Waals surface area contributed by atoms with Crippen molar-refractivity contribution in [2.75, 3.05) is 0 Å². The van der Waals surface area contributed by atoms with E-state index in [2.05, 4.69) is 6.92 Å². The first-order chi connectivity index (χ1) is 8.50. The molecule has 4 heteroatoms. The van der Waals surface area contributed by atoms with E-state index < -0.39 is 21.2 Å². The van der Waals surface area contributed by atoms with E-state index in [4.69, 9.17) is 0 Å². The molecule has 0 radical (unpaired) electrons. The second-order valence-electron chi connectivity index (χ2n) is 4.63. The maximum atomic E-state index is 12.4. The van der Waals surface area contributed by atoms with Gasteiger partial charge in [0.15, 0.2) is 9.84 Å². The first kappa shape index (κ1) is 15.2. The van der Waals surface area contributed by atoms with E-state index in [9.17, 15) is 13.5 Å². The average molecular weight is 270 g/mol. The fourth-order valence-corrected chi connectivity index (χ4v) is 3.92. The zero-order valence-electron chi connectivity index (χ0n) is 11.0. The van der Waals surface area contributed by atoms with Gasteiger partial charge in [0, 0.05) is 0 Å². The normalized spacial score (nSPS) is 15.3. The summed E-state index contributed by atoms with van der Waals surface area (Å²) in [7, 11) is -3.43. The molecule has 1 aromatic rings. The summed E-state index contributed by atoms with van der Waals surface area (Å²) in [5.74, 6) is 0. The van der Waals surface area contributed by atoms with Crippen molar-refractivity contribution in [3.63, 3.8) is 0 Å². The summed E-state index contributed by atoms with van der Waals surface area (Å²) in [5.41, 5.74) is 0. The van der Waals surface area contributed by atoms with Gasteiger partial charge < -0.3 is 5.11 Å². The van der Waals surface area contributed by atoms with Gasteiger partial charge in [-0.05, 0) is 25.5 Å². The molecule has 0 aliphatic rings. The van der Waals surface area contributed by atoms with Gasteiger partial charge in [-0.3, -0.25) is 0 Å². The summed E-state index contributed by atoms with van der Waals surface area (Å²) < 4.78 is 24.8. The Bertz CT molecular complexity index is 437. The number of hydrogen-bond donors (Lipinski definition) is 1. The van der Waals surface area contributed by atoms with Gasteiger partial charge in [-0.1, -0.05) is 44.4 Å². The Hall–Kier alpha value is -0.870. The van der Waals surface area contributed by atoms with Crippen molar-refractivity contribution in [1.82, 2.24) is 0 Å². The van der Waals surface area contributed by atoms with E-state index in [1.165, 1.54) is 0 Å². The number of aliphatic hydroxyl groups is 1. The lowest BCUT2D eigenvalue weighted by Gasteiger charge is -2.20. The van der Waals surface area contributed by atoms with Gasteiger partial charge >= 0.3 is 0 Å². The number of unbranched alkanes of at least 4 members (excludes halogenated alkanes) is 2. The van der Waals surface area contributed by atoms with Crippen molar-refractivity contribution < 1.29 is 13.5 Å². The molecule has 18 heavy (non-hydrogen) atoms. The van der Waals surface area contributed by atoms with E-state index in [1.807, 2.05) is 0 Å². The lowest BCUT2D eigenvalue weighted by molar-refractivity contribution is 0.182. The molecule has 102 valence electrons. The Labute approximate surface area is 110 Å². The molecule has 0 amide bonds. The fourth-order valence-electron chi connectivity index (χ4n) is 2.04. The monoisotopic (exact) mass is 270 g/mol. The van der Waals surface area contributed by atoms with Crippen LogP contribution < -0.4 is 0 Å². The maximum Gasteiger partial charge on any atom is 0.183 e. The van der Waals surface area contributed by atoms with Crippen molar-refractivity contribution in [3.8, 4) is 0 Å². The molecule has 0 unspecified atom stereocenters. The highest BCUT2D eigenvalue weighted by molar-refractivity contribution is 7.92. The minimum absolute atomic E-state index is 0.299. The molecule has 1 N–H and O–H groups in total. The van der Waals surface area contributed by atoms with E-state index >= 15 is 0 Å². The molecule has 0 spiro atoms. The minimum Gasteiger partial charge on any atom is -0.392 e. The highest BCUT2D eigenvalue weighted by Gasteiger charge is 2.30. The van der Waals surface area contributed by atoms with Crippen LogP contribution in [0, 0.1) is 0 Å². The van der Waals surface area contributed by atoms with Crippen LogP contribution in [0.25, 0.3) is 0 Å². The van der Waals surface area contributed by atoms with Crippen molar-refractivity contribution in [1.29, 1.82) is 0 Å². The van der Waals surface area contributed by atoms with E-state index in [-0.39, 0.29) is 0 Å². The van der Waals surface area contributed by atoms with Gasteiger partial charge in [0.05, 0.1) is 16.2 Å². The Balaban J connectivity index is 2.91. The summed E-state index contributed by atoms with van der Waals surface area (Å²) in [6.07, 6.45) is 2.54. The molecule has 1 rings (SSSR count). The molecule has 0 bridgehead atoms. The van der Waals surface area contributed by atoms with E-state index in [0.717, 1.165) is 19.3 Å². The quantitative estimate of drug-likeness (QED) is 0.775. The SMILES string of the molecule is CCCCC[C@H]([C@H](C)O)S(=O)(=O)c1ccccc1. The zero-order valence-corrected chi connectivity index (χ0v) is 11.9. The molecular formula is C14H22O3S. The molecule has 1 aromatic carbocycles. The van der Waals surface area contributed by atoms with Crippen LogP contribution in [0.1, 0.15) is 39.5 Å². The summed E-state index contributed by atoms with van der Waals surface area (Å²) >= 11 is 0. The van der Waals surface area contributed by atoms with Crippen molar-refractivity contribution in [2.45, 2.75) is 55.8 Å². The Morgan fingerprint density at radius 2 is 1.78 bits per heavy atom. The number of benzene rings is 1. The van der Waals surface area contributed by atoms with Gasteiger partial charge in [-0.2, -0.15) is 0 Å². The Morgan fingerprint density at radius 3 is 2.28 bits per heavy atom. The van der Waals surface area contributed by atoms with Crippen molar-refractivity contribution >= 4 is 9.84 Å². The van der Waals surface area contributed by atoms with E-state index in [1.54, 1.807) is 37.3 Å². The molecule has 2 atom stereocenters. The Kier molecular flexibility index (Phi) is 5.82. The molecule has 0 saturated carbocycles. The van der Waals surface area contributed by atoms with Crippen LogP contribution in [0.4, 0.5) is 0 Å². The van der Waals surface area contributed by atoms with Crippen molar-refractivity contribution in [2.24, 2.45) is 0 Å². The molecule has 3 nitrogen and oxygen atoms in total. The van der Waals surface area contributed by atoms with Gasteiger partial charge in [-0.15, -0.1) is 0 Å². The molecule has 0 aliphatic carbocycles. The number of sulfone groups is 1. The third-order valence-electron chi connectivity index (χ3n) is 3.10. The first-order valence-electron chi connectivity index (χ1n) is 6.47. The summed E-state index contributed by atoms with van der Waals surface area (Å²) in [6.45, 7) is 3.63. The Morgan fingerprint density at radius 1 is 1.17 bits per heavy atom. The molecule has 0 aliphatic heterocycles. The third kappa shape index (κ3) is 3.82. The second kappa shape index (κ2) is 6.90. The van der Waals surface area contributed by atoms with Crippen LogP contribution in [0.5, 0.6) is 0 Å². The topological polar surface area (TPSA) is 54.4 Å². The minimum atomic E-state index is -3.43. The largest absolute Gasteiger partial charge is 0.392 e. The second-order valence-corrected chi connectivity index (χ2v) is 6.80. The number of hydrogen-bond acceptors (Lipinski definition) is 3. The van der Waals surface area contributed by atoms with Crippen LogP contribution >= 0.6 is 0 Å². The van der Waals surface area contributed by atoms with Crippen LogP contribution in [-0.4, -0.2) is 24.9 Å². The standard InChI is InChI=1S/C14H22O3S/c1-3-4-6-11-14(12(2)15)18(16,17)13-9-7-5-8-10-13/h5,7-10,12,14-15H,3-4,6,11H2,1-2H3/t12-,14+/m0/s1. The molecular weight excluding hydrogens is 248 g/mol. The lowest BCUT2D eigenvalue weighted by Crippen LogP contribution is -2.32. The van der Waals surface area contributed by atoms with Crippen LogP contribution in [-0.2, 0) is 9.84 Å². The lowest BCUT2D eigenvalue weighted by atomic mass is 10.1. The highest BCUT2D eigenvalue weighted by Crippen LogP contribution is 2.22. The summed E-state index contributed by atoms with van der Waals surface area (Å²) in [4.78, 5) is 0.299. The molecule has 0 fully saturated rings. The average Bonchev–Trinajstić information content (AvgIpc) is 2.35. The van der Waals surface area contributed by atoms with Gasteiger partial charge in [0.25, 0.3) is 0 Å². The smallest absolute Gasteiger partial charge is 0.183 e. The van der Waals surface area contributed by atoms with Gasteiger partial charge in [0.1, 0.15) is 0 Å². The fraction of sp³-hybridized carbons (Fsp3) is 0.571. The van der Waals surface area contributed by atoms with E-state index in [0.29, 0.717) is 11.3 Å². The molecule has 0 saturated heterocycles. The van der Waals surface area contributed by atoms with Crippen molar-refractivity contribution in [3.05, 3.63) is 30.3 Å². The summed E-state index contributed by atoms with van der Waals surface area (Å²) in [5, 5.41) is 9.03. The number of aliphatic hydroxyl groups excluding tert-OH is 1. The van der Waals surface area contributed by atoms with Gasteiger partial charge in [0.2, 0.25) is 0 Å². The third-order valence-corrected chi connectivity index (χ3v) is 5.46. The summed E-state index contributed by atoms with van der Waals surface area (Å²) in [6, 6.07) is 8.37. The maximum absolute atomic E-state index is 12.4. The molecule has 0 heterocycles. The van der Waals surface area contributed by atoms with Crippen LogP contribution in [0.2, 0.25) is 0 Å². The molecule has 0 aromatic heterocycles. The van der Waals surface area contributed by atoms with Gasteiger partial charge in [-0.25, -0.2) is 8.42 Å². The predicted octanol–water partition coefficient (Wildman–Crippen LogP) is 2.79. The number of rotatable bonds is 7.